The molecule has 0 spiro atoms. The van der Waals surface area contributed by atoms with Crippen LogP contribution in [-0.2, 0) is 4.79 Å². The van der Waals surface area contributed by atoms with E-state index in [0.29, 0.717) is 11.3 Å². The minimum atomic E-state index is -0.526. The van der Waals surface area contributed by atoms with Crippen molar-refractivity contribution in [2.45, 2.75) is 39.7 Å². The molecule has 1 heterocycles. The third-order valence-corrected chi connectivity index (χ3v) is 4.46. The highest BCUT2D eigenvalue weighted by Gasteiger charge is 2.32. The Hall–Kier alpha value is -1.06. The summed E-state index contributed by atoms with van der Waals surface area (Å²) in [6.07, 6.45) is 2.16. The second-order valence-corrected chi connectivity index (χ2v) is 6.85. The minimum absolute atomic E-state index is 0. The Labute approximate surface area is 134 Å². The monoisotopic (exact) mass is 310 g/mol. The lowest BCUT2D eigenvalue weighted by Crippen LogP contribution is -2.45. The Morgan fingerprint density at radius 2 is 1.71 bits per heavy atom. The summed E-state index contributed by atoms with van der Waals surface area (Å²) in [5.74, 6) is 0.753. The van der Waals surface area contributed by atoms with Gasteiger partial charge in [0.15, 0.2) is 0 Å². The normalized spacial score (nSPS) is 18.0. The van der Waals surface area contributed by atoms with Crippen molar-refractivity contribution in [2.24, 2.45) is 17.1 Å². The topological polar surface area (TPSA) is 46.3 Å². The summed E-state index contributed by atoms with van der Waals surface area (Å²) in [5, 5.41) is 0. The van der Waals surface area contributed by atoms with Gasteiger partial charge in [0.2, 0.25) is 5.91 Å². The molecule has 0 radical (unpaired) electrons. The summed E-state index contributed by atoms with van der Waals surface area (Å²) in [5.41, 5.74) is 7.33. The summed E-state index contributed by atoms with van der Waals surface area (Å²) >= 11 is 0. The number of rotatable bonds is 2. The van der Waals surface area contributed by atoms with Gasteiger partial charge in [-0.05, 0) is 29.7 Å². The molecule has 1 aromatic rings. The van der Waals surface area contributed by atoms with Crippen molar-refractivity contribution in [3.05, 3.63) is 35.9 Å². The van der Waals surface area contributed by atoms with Crippen molar-refractivity contribution in [1.82, 2.24) is 4.90 Å². The number of carbonyl (C=O) groups is 1. The van der Waals surface area contributed by atoms with E-state index in [-0.39, 0.29) is 18.3 Å². The van der Waals surface area contributed by atoms with Crippen molar-refractivity contribution < 1.29 is 4.79 Å². The summed E-state index contributed by atoms with van der Waals surface area (Å²) in [4.78, 5) is 14.4. The zero-order valence-corrected chi connectivity index (χ0v) is 14.0. The number of carbonyl (C=O) groups excluding carboxylic acids is 1. The van der Waals surface area contributed by atoms with E-state index in [9.17, 15) is 4.79 Å². The molecule has 0 bridgehead atoms. The molecule has 0 saturated carbocycles. The molecule has 0 aliphatic carbocycles. The van der Waals surface area contributed by atoms with Crippen molar-refractivity contribution in [3.63, 3.8) is 0 Å². The maximum Gasteiger partial charge on any atom is 0.244 e. The molecule has 1 aliphatic rings. The highest BCUT2D eigenvalue weighted by Crippen LogP contribution is 2.34. The lowest BCUT2D eigenvalue weighted by molar-refractivity contribution is -0.134. The molecule has 4 heteroatoms. The Kier molecular flexibility index (Phi) is 6.24. The Morgan fingerprint density at radius 3 is 2.19 bits per heavy atom. The summed E-state index contributed by atoms with van der Waals surface area (Å²) in [7, 11) is 0. The molecule has 2 N–H and O–H groups in total. The first kappa shape index (κ1) is 18.0. The number of benzene rings is 1. The maximum atomic E-state index is 12.5. The molecule has 1 fully saturated rings. The van der Waals surface area contributed by atoms with E-state index in [0.717, 1.165) is 31.5 Å². The van der Waals surface area contributed by atoms with Crippen LogP contribution in [0, 0.1) is 11.3 Å². The number of nitrogens with two attached hydrogens (primary N) is 1. The average molecular weight is 311 g/mol. The van der Waals surface area contributed by atoms with Crippen LogP contribution < -0.4 is 5.73 Å². The number of hydrogen-bond acceptors (Lipinski definition) is 2. The fourth-order valence-electron chi connectivity index (χ4n) is 2.97. The zero-order valence-electron chi connectivity index (χ0n) is 13.2. The quantitative estimate of drug-likeness (QED) is 0.910. The molecule has 3 nitrogen and oxygen atoms in total. The summed E-state index contributed by atoms with van der Waals surface area (Å²) in [6, 6.07) is 9.11. The van der Waals surface area contributed by atoms with Gasteiger partial charge in [-0.3, -0.25) is 4.79 Å². The molecular formula is C17H27ClN2O. The molecule has 2 rings (SSSR count). The van der Waals surface area contributed by atoms with Gasteiger partial charge in [0.05, 0.1) is 0 Å². The minimum Gasteiger partial charge on any atom is -0.341 e. The van der Waals surface area contributed by atoms with Crippen LogP contribution in [-0.4, -0.2) is 23.9 Å². The number of likely N-dealkylation sites (tertiary alicyclic amines) is 1. The lowest BCUT2D eigenvalue weighted by Gasteiger charge is -2.39. The Morgan fingerprint density at radius 1 is 1.19 bits per heavy atom. The largest absolute Gasteiger partial charge is 0.341 e. The number of halogens is 1. The first-order chi connectivity index (χ1) is 9.39. The molecular weight excluding hydrogens is 284 g/mol. The van der Waals surface area contributed by atoms with Crippen molar-refractivity contribution >= 4 is 18.3 Å². The number of piperidine rings is 1. The van der Waals surface area contributed by atoms with Crippen LogP contribution >= 0.6 is 12.4 Å². The fourth-order valence-corrected chi connectivity index (χ4v) is 2.97. The molecule has 1 aliphatic heterocycles. The standard InChI is InChI=1S/C17H26N2O.ClH/c1-17(2,3)14-9-11-19(12-10-14)16(20)15(18)13-7-5-4-6-8-13;/h4-8,14-15H,9-12,18H2,1-3H3;1H. The molecule has 1 atom stereocenters. The molecule has 1 aromatic carbocycles. The summed E-state index contributed by atoms with van der Waals surface area (Å²) < 4.78 is 0. The van der Waals surface area contributed by atoms with E-state index in [1.165, 1.54) is 0 Å². The predicted octanol–water partition coefficient (Wildman–Crippen LogP) is 3.39. The maximum absolute atomic E-state index is 12.5. The van der Waals surface area contributed by atoms with Crippen LogP contribution in [0.2, 0.25) is 0 Å². The smallest absolute Gasteiger partial charge is 0.244 e. The van der Waals surface area contributed by atoms with Gasteiger partial charge in [-0.15, -0.1) is 12.4 Å². The van der Waals surface area contributed by atoms with Crippen LogP contribution in [0.15, 0.2) is 30.3 Å². The van der Waals surface area contributed by atoms with E-state index >= 15 is 0 Å². The Bertz CT molecular complexity index is 448. The third-order valence-electron chi connectivity index (χ3n) is 4.46. The highest BCUT2D eigenvalue weighted by atomic mass is 35.5. The van der Waals surface area contributed by atoms with Crippen LogP contribution in [0.1, 0.15) is 45.2 Å². The van der Waals surface area contributed by atoms with Crippen LogP contribution in [0.5, 0.6) is 0 Å². The van der Waals surface area contributed by atoms with Gasteiger partial charge in [-0.25, -0.2) is 0 Å². The average Bonchev–Trinajstić information content (AvgIpc) is 2.46. The third kappa shape index (κ3) is 4.45. The van der Waals surface area contributed by atoms with Crippen LogP contribution in [0.4, 0.5) is 0 Å². The van der Waals surface area contributed by atoms with Gasteiger partial charge in [-0.1, -0.05) is 51.1 Å². The van der Waals surface area contributed by atoms with E-state index in [4.69, 9.17) is 5.73 Å². The first-order valence-corrected chi connectivity index (χ1v) is 7.49. The van der Waals surface area contributed by atoms with E-state index < -0.39 is 6.04 Å². The molecule has 0 aromatic heterocycles. The van der Waals surface area contributed by atoms with E-state index in [1.54, 1.807) is 0 Å². The van der Waals surface area contributed by atoms with Crippen molar-refractivity contribution in [2.75, 3.05) is 13.1 Å². The predicted molar refractivity (Wildman–Crippen MR) is 89.4 cm³/mol. The molecule has 1 unspecified atom stereocenters. The van der Waals surface area contributed by atoms with E-state index in [2.05, 4.69) is 20.8 Å². The highest BCUT2D eigenvalue weighted by molar-refractivity contribution is 5.85. The molecule has 1 amide bonds. The SMILES string of the molecule is CC(C)(C)C1CCN(C(=O)C(N)c2ccccc2)CC1.Cl. The van der Waals surface area contributed by atoms with Crippen LogP contribution in [0.3, 0.4) is 0 Å². The lowest BCUT2D eigenvalue weighted by atomic mass is 9.75. The fraction of sp³-hybridized carbons (Fsp3) is 0.588. The van der Waals surface area contributed by atoms with Gasteiger partial charge >= 0.3 is 0 Å². The second kappa shape index (κ2) is 7.28. The number of hydrogen-bond donors (Lipinski definition) is 1. The first-order valence-electron chi connectivity index (χ1n) is 7.49. The van der Waals surface area contributed by atoms with Gasteiger partial charge in [0, 0.05) is 13.1 Å². The number of amides is 1. The van der Waals surface area contributed by atoms with Gasteiger partial charge in [-0.2, -0.15) is 0 Å². The number of nitrogens with zero attached hydrogens (tertiary/aromatic N) is 1. The summed E-state index contributed by atoms with van der Waals surface area (Å²) in [6.45, 7) is 8.52. The van der Waals surface area contributed by atoms with E-state index in [1.807, 2.05) is 35.2 Å². The molecule has 118 valence electrons. The zero-order chi connectivity index (χ0) is 14.8. The van der Waals surface area contributed by atoms with Gasteiger partial charge in [0.1, 0.15) is 6.04 Å². The molecule has 21 heavy (non-hydrogen) atoms. The molecule has 1 saturated heterocycles. The van der Waals surface area contributed by atoms with Gasteiger partial charge < -0.3 is 10.6 Å². The van der Waals surface area contributed by atoms with Gasteiger partial charge in [0.25, 0.3) is 0 Å². The van der Waals surface area contributed by atoms with Crippen molar-refractivity contribution in [1.29, 1.82) is 0 Å². The Balaban J connectivity index is 0.00000220. The van der Waals surface area contributed by atoms with Crippen LogP contribution in [0.25, 0.3) is 0 Å². The van der Waals surface area contributed by atoms with Crippen molar-refractivity contribution in [3.8, 4) is 0 Å². The second-order valence-electron chi connectivity index (χ2n) is 6.85.